The molecule has 1 rings (SSSR count). The Hall–Kier alpha value is -2.62. The summed E-state index contributed by atoms with van der Waals surface area (Å²) in [6.07, 6.45) is 3.61. The van der Waals surface area contributed by atoms with Gasteiger partial charge in [0.05, 0.1) is 6.26 Å². The van der Waals surface area contributed by atoms with Gasteiger partial charge in [0, 0.05) is 11.1 Å². The van der Waals surface area contributed by atoms with Crippen LogP contribution in [-0.4, -0.2) is 17.0 Å². The fourth-order valence-corrected chi connectivity index (χ4v) is 0.990. The molecule has 0 amide bonds. The molecule has 0 spiro atoms. The highest BCUT2D eigenvalue weighted by atomic mass is 16.5. The van der Waals surface area contributed by atoms with E-state index >= 15 is 0 Å². The molecule has 0 saturated heterocycles. The van der Waals surface area contributed by atoms with Gasteiger partial charge < -0.3 is 9.84 Å². The average Bonchev–Trinajstić information content (AvgIpc) is 2.47. The summed E-state index contributed by atoms with van der Waals surface area (Å²) < 4.78 is 4.79. The lowest BCUT2D eigenvalue weighted by molar-refractivity contribution is -0.134. The molecule has 4 heteroatoms. The van der Waals surface area contributed by atoms with Gasteiger partial charge in [0.15, 0.2) is 0 Å². The molecule has 0 atom stereocenters. The van der Waals surface area contributed by atoms with Crippen molar-refractivity contribution in [3.8, 4) is 0 Å². The molecule has 0 saturated carbocycles. The summed E-state index contributed by atoms with van der Waals surface area (Å²) >= 11 is 0. The standard InChI is InChI=1S/C12H12O2.C5H8O2/c1-10(2)12(13)14-9-8-11-6-4-3-5-7-11;1-3-4(2)5(6)7/h3-9H,1H2,2H3;2-3H2,1H3,(H,6,7). The number of aliphatic carboxylic acids is 1. The lowest BCUT2D eigenvalue weighted by Crippen LogP contribution is -1.98. The highest BCUT2D eigenvalue weighted by Crippen LogP contribution is 2.02. The van der Waals surface area contributed by atoms with Gasteiger partial charge in [0.2, 0.25) is 0 Å². The fraction of sp³-hybridized carbons (Fsp3) is 0.176. The number of carboxylic acid groups (broad SMARTS) is 1. The van der Waals surface area contributed by atoms with Gasteiger partial charge in [0.25, 0.3) is 0 Å². The minimum atomic E-state index is -0.900. The van der Waals surface area contributed by atoms with Crippen molar-refractivity contribution < 1.29 is 19.4 Å². The second-order valence-corrected chi connectivity index (χ2v) is 4.16. The van der Waals surface area contributed by atoms with Crippen LogP contribution in [0.15, 0.2) is 60.9 Å². The molecule has 0 unspecified atom stereocenters. The molecule has 1 aromatic rings. The van der Waals surface area contributed by atoms with Crippen LogP contribution in [0.3, 0.4) is 0 Å². The van der Waals surface area contributed by atoms with Gasteiger partial charge >= 0.3 is 11.9 Å². The van der Waals surface area contributed by atoms with Crippen LogP contribution in [0.4, 0.5) is 0 Å². The quantitative estimate of drug-likeness (QED) is 0.508. The molecule has 0 radical (unpaired) electrons. The number of benzene rings is 1. The Morgan fingerprint density at radius 3 is 2.19 bits per heavy atom. The Labute approximate surface area is 125 Å². The average molecular weight is 288 g/mol. The van der Waals surface area contributed by atoms with Crippen molar-refractivity contribution >= 4 is 18.0 Å². The van der Waals surface area contributed by atoms with E-state index in [0.29, 0.717) is 12.0 Å². The number of carboxylic acids is 1. The van der Waals surface area contributed by atoms with Gasteiger partial charge in [0.1, 0.15) is 0 Å². The van der Waals surface area contributed by atoms with Crippen molar-refractivity contribution in [1.82, 2.24) is 0 Å². The van der Waals surface area contributed by atoms with Crippen LogP contribution in [0.1, 0.15) is 25.8 Å². The minimum Gasteiger partial charge on any atom is -0.478 e. The van der Waals surface area contributed by atoms with Gasteiger partial charge in [-0.15, -0.1) is 0 Å². The largest absolute Gasteiger partial charge is 0.478 e. The Balaban J connectivity index is 0.000000486. The summed E-state index contributed by atoms with van der Waals surface area (Å²) in [6.45, 7) is 10.1. The summed E-state index contributed by atoms with van der Waals surface area (Å²) in [5.41, 5.74) is 1.64. The smallest absolute Gasteiger partial charge is 0.337 e. The first-order valence-electron chi connectivity index (χ1n) is 6.37. The molecule has 0 aromatic heterocycles. The SMILES string of the molecule is C=C(C)C(=O)OC=Cc1ccccc1.C=C(CC)C(=O)O. The van der Waals surface area contributed by atoms with Crippen molar-refractivity contribution in [1.29, 1.82) is 0 Å². The number of carbonyl (C=O) groups excluding carboxylic acids is 1. The van der Waals surface area contributed by atoms with E-state index in [2.05, 4.69) is 13.2 Å². The molecular weight excluding hydrogens is 268 g/mol. The molecule has 0 aliphatic heterocycles. The van der Waals surface area contributed by atoms with E-state index < -0.39 is 11.9 Å². The van der Waals surface area contributed by atoms with Gasteiger partial charge in [-0.2, -0.15) is 0 Å². The first kappa shape index (κ1) is 18.4. The summed E-state index contributed by atoms with van der Waals surface area (Å²) in [7, 11) is 0. The molecule has 0 aliphatic carbocycles. The topological polar surface area (TPSA) is 63.6 Å². The van der Waals surface area contributed by atoms with Crippen molar-refractivity contribution in [2.24, 2.45) is 0 Å². The summed E-state index contributed by atoms with van der Waals surface area (Å²) in [6, 6.07) is 9.61. The lowest BCUT2D eigenvalue weighted by atomic mass is 10.2. The second-order valence-electron chi connectivity index (χ2n) is 4.16. The molecule has 4 nitrogen and oxygen atoms in total. The number of hydrogen-bond donors (Lipinski definition) is 1. The molecule has 0 bridgehead atoms. The Kier molecular flexibility index (Phi) is 8.93. The van der Waals surface area contributed by atoms with Crippen LogP contribution in [0.25, 0.3) is 6.08 Å². The molecule has 112 valence electrons. The highest BCUT2D eigenvalue weighted by Gasteiger charge is 1.98. The zero-order valence-electron chi connectivity index (χ0n) is 12.3. The molecule has 1 aromatic carbocycles. The molecule has 0 fully saturated rings. The lowest BCUT2D eigenvalue weighted by Gasteiger charge is -1.96. The maximum Gasteiger partial charge on any atom is 0.337 e. The summed E-state index contributed by atoms with van der Waals surface area (Å²) in [5.74, 6) is -1.31. The van der Waals surface area contributed by atoms with Gasteiger partial charge in [-0.3, -0.25) is 0 Å². The predicted octanol–water partition coefficient (Wildman–Crippen LogP) is 3.81. The number of hydrogen-bond acceptors (Lipinski definition) is 3. The molecule has 0 heterocycles. The predicted molar refractivity (Wildman–Crippen MR) is 83.4 cm³/mol. The van der Waals surface area contributed by atoms with Crippen LogP contribution in [0.2, 0.25) is 0 Å². The van der Waals surface area contributed by atoms with E-state index in [0.717, 1.165) is 5.56 Å². The van der Waals surface area contributed by atoms with Crippen LogP contribution < -0.4 is 0 Å². The normalized spacial score (nSPS) is 9.43. The zero-order chi connectivity index (χ0) is 16.3. The number of esters is 1. The maximum absolute atomic E-state index is 11.0. The number of carbonyl (C=O) groups is 2. The van der Waals surface area contributed by atoms with E-state index in [4.69, 9.17) is 9.84 Å². The van der Waals surface area contributed by atoms with E-state index in [1.54, 1.807) is 19.9 Å². The van der Waals surface area contributed by atoms with Crippen molar-refractivity contribution in [2.75, 3.05) is 0 Å². The minimum absolute atomic E-state index is 0.264. The van der Waals surface area contributed by atoms with Crippen LogP contribution in [-0.2, 0) is 14.3 Å². The third-order valence-electron chi connectivity index (χ3n) is 2.31. The van der Waals surface area contributed by atoms with Crippen LogP contribution in [0, 0.1) is 0 Å². The van der Waals surface area contributed by atoms with E-state index in [1.165, 1.54) is 6.26 Å². The third kappa shape index (κ3) is 8.99. The number of rotatable bonds is 5. The van der Waals surface area contributed by atoms with Crippen molar-refractivity contribution in [2.45, 2.75) is 20.3 Å². The summed E-state index contributed by atoms with van der Waals surface area (Å²) in [4.78, 5) is 20.8. The molecule has 21 heavy (non-hydrogen) atoms. The Morgan fingerprint density at radius 1 is 1.24 bits per heavy atom. The molecule has 0 aliphatic rings. The Bertz CT molecular complexity index is 527. The van der Waals surface area contributed by atoms with E-state index in [9.17, 15) is 9.59 Å². The first-order chi connectivity index (χ1) is 9.88. The molecular formula is C17H20O4. The van der Waals surface area contributed by atoms with Crippen molar-refractivity contribution in [3.63, 3.8) is 0 Å². The zero-order valence-corrected chi connectivity index (χ0v) is 12.3. The van der Waals surface area contributed by atoms with Crippen molar-refractivity contribution in [3.05, 3.63) is 66.5 Å². The monoisotopic (exact) mass is 288 g/mol. The summed E-state index contributed by atoms with van der Waals surface area (Å²) in [5, 5.41) is 8.08. The first-order valence-corrected chi connectivity index (χ1v) is 6.37. The van der Waals surface area contributed by atoms with E-state index in [1.807, 2.05) is 30.3 Å². The Morgan fingerprint density at radius 2 is 1.81 bits per heavy atom. The third-order valence-corrected chi connectivity index (χ3v) is 2.31. The molecule has 1 N–H and O–H groups in total. The van der Waals surface area contributed by atoms with E-state index in [-0.39, 0.29) is 5.57 Å². The highest BCUT2D eigenvalue weighted by molar-refractivity contribution is 5.87. The van der Waals surface area contributed by atoms with Gasteiger partial charge in [-0.1, -0.05) is 50.4 Å². The second kappa shape index (κ2) is 10.2. The van der Waals surface area contributed by atoms with Gasteiger partial charge in [-0.25, -0.2) is 9.59 Å². The van der Waals surface area contributed by atoms with Gasteiger partial charge in [-0.05, 0) is 25.0 Å². The maximum atomic E-state index is 11.0. The van der Waals surface area contributed by atoms with Crippen LogP contribution >= 0.6 is 0 Å². The fourth-order valence-electron chi connectivity index (χ4n) is 0.990. The van der Waals surface area contributed by atoms with Crippen LogP contribution in [0.5, 0.6) is 0 Å². The number of ether oxygens (including phenoxy) is 1.